The molecule has 1 aliphatic heterocycles. The molecule has 1 heterocycles. The van der Waals surface area contributed by atoms with Crippen LogP contribution in [-0.2, 0) is 16.0 Å². The predicted molar refractivity (Wildman–Crippen MR) is 218 cm³/mol. The molecule has 294 valence electrons. The highest BCUT2D eigenvalue weighted by Crippen LogP contribution is 2.32. The molecule has 8 heteroatoms. The number of rotatable bonds is 36. The molecular weight excluding hydrogens is 653 g/mol. The van der Waals surface area contributed by atoms with Crippen molar-refractivity contribution in [3.05, 3.63) is 30.3 Å². The van der Waals surface area contributed by atoms with E-state index in [1.54, 1.807) is 12.1 Å². The number of quaternary nitrogens is 1. The Kier molecular flexibility index (Phi) is 27.7. The Morgan fingerprint density at radius 1 is 0.627 bits per heavy atom. The van der Waals surface area contributed by atoms with Gasteiger partial charge in [0.25, 0.3) is 5.84 Å². The van der Waals surface area contributed by atoms with Gasteiger partial charge in [-0.25, -0.2) is 4.21 Å². The number of nitrogens with zero attached hydrogens (tertiary/aromatic N) is 4. The average molecular weight is 731 g/mol. The van der Waals surface area contributed by atoms with Crippen molar-refractivity contribution in [2.45, 2.75) is 219 Å². The lowest BCUT2D eigenvalue weighted by atomic mass is 9.93. The first-order valence-corrected chi connectivity index (χ1v) is 22.7. The second-order valence-electron chi connectivity index (χ2n) is 15.4. The van der Waals surface area contributed by atoms with Crippen LogP contribution in [0.5, 0.6) is 0 Å². The van der Waals surface area contributed by atoms with Gasteiger partial charge in [0.15, 0.2) is 17.0 Å². The van der Waals surface area contributed by atoms with E-state index in [0.717, 1.165) is 12.8 Å². The summed E-state index contributed by atoms with van der Waals surface area (Å²) < 4.78 is 29.6. The zero-order chi connectivity index (χ0) is 36.7. The van der Waals surface area contributed by atoms with E-state index in [4.69, 9.17) is 4.74 Å². The monoisotopic (exact) mass is 731 g/mol. The third-order valence-corrected chi connectivity index (χ3v) is 12.0. The summed E-state index contributed by atoms with van der Waals surface area (Å²) in [5.41, 5.74) is 0.551. The molecule has 0 aromatic heterocycles. The summed E-state index contributed by atoms with van der Waals surface area (Å²) in [6.07, 6.45) is 41.5. The highest BCUT2D eigenvalue weighted by molar-refractivity contribution is 7.79. The Morgan fingerprint density at radius 3 is 1.47 bits per heavy atom. The van der Waals surface area contributed by atoms with Gasteiger partial charge in [-0.05, 0) is 29.2 Å². The number of hydrogen-bond acceptors (Lipinski definition) is 6. The van der Waals surface area contributed by atoms with Gasteiger partial charge in [0.05, 0.1) is 11.3 Å². The van der Waals surface area contributed by atoms with Crippen LogP contribution in [0.15, 0.2) is 45.9 Å². The molecule has 51 heavy (non-hydrogen) atoms. The van der Waals surface area contributed by atoms with Crippen molar-refractivity contribution < 1.29 is 13.5 Å². The van der Waals surface area contributed by atoms with E-state index in [1.165, 1.54) is 180 Å². The van der Waals surface area contributed by atoms with Crippen LogP contribution >= 0.6 is 0 Å². The van der Waals surface area contributed by atoms with Crippen LogP contribution in [0.1, 0.15) is 213 Å². The Labute approximate surface area is 317 Å². The van der Waals surface area contributed by atoms with Crippen molar-refractivity contribution in [1.82, 2.24) is 4.00 Å². The van der Waals surface area contributed by atoms with Crippen LogP contribution in [0.2, 0.25) is 0 Å². The summed E-state index contributed by atoms with van der Waals surface area (Å²) in [4.78, 5) is 0. The first kappa shape index (κ1) is 45.7. The van der Waals surface area contributed by atoms with Gasteiger partial charge in [0.2, 0.25) is 0 Å². The number of methoxy groups -OCH3 is 1. The second-order valence-corrected chi connectivity index (χ2v) is 16.4. The van der Waals surface area contributed by atoms with Crippen LogP contribution in [-0.4, -0.2) is 27.8 Å². The molecule has 0 bridgehead atoms. The van der Waals surface area contributed by atoms with Crippen molar-refractivity contribution in [3.8, 4) is 0 Å². The van der Waals surface area contributed by atoms with E-state index >= 15 is 0 Å². The highest BCUT2D eigenvalue weighted by Gasteiger charge is 2.44. The summed E-state index contributed by atoms with van der Waals surface area (Å²) in [5, 5.41) is 11.8. The number of para-hydroxylation sites is 1. The van der Waals surface area contributed by atoms with Crippen molar-refractivity contribution >= 4 is 22.8 Å². The van der Waals surface area contributed by atoms with Gasteiger partial charge in [0.1, 0.15) is 0 Å². The molecule has 7 nitrogen and oxygen atoms in total. The predicted octanol–water partition coefficient (Wildman–Crippen LogP) is 14.2. The van der Waals surface area contributed by atoms with Crippen molar-refractivity contribution in [1.29, 1.82) is 0 Å². The molecule has 0 amide bonds. The Balaban J connectivity index is 1.34. The summed E-state index contributed by atoms with van der Waals surface area (Å²) in [6, 6.07) is 9.01. The third-order valence-electron chi connectivity index (χ3n) is 11.1. The molecule has 1 aliphatic rings. The zero-order valence-electron chi connectivity index (χ0n) is 33.4. The molecule has 0 spiro atoms. The fourth-order valence-corrected chi connectivity index (χ4v) is 8.39. The molecule has 0 saturated carbocycles. The molecule has 0 aliphatic carbocycles. The number of unbranched alkanes of at least 4 members (excludes halogenated alkanes) is 26. The average Bonchev–Trinajstić information content (AvgIpc) is 3.58. The highest BCUT2D eigenvalue weighted by atomic mass is 32.2. The van der Waals surface area contributed by atoms with E-state index in [-0.39, 0.29) is 0 Å². The van der Waals surface area contributed by atoms with Gasteiger partial charge in [-0.2, -0.15) is 0 Å². The third kappa shape index (κ3) is 20.0. The Bertz CT molecular complexity index is 1040. The summed E-state index contributed by atoms with van der Waals surface area (Å²) in [7, 11) is 1.92. The van der Waals surface area contributed by atoms with Crippen molar-refractivity contribution in [3.63, 3.8) is 0 Å². The van der Waals surface area contributed by atoms with Crippen LogP contribution in [0.3, 0.4) is 0 Å². The first-order valence-electron chi connectivity index (χ1n) is 21.6. The maximum Gasteiger partial charge on any atom is 0.270 e. The number of hydrogen-bond donors (Lipinski definition) is 0. The maximum absolute atomic E-state index is 12.2. The molecule has 1 aromatic carbocycles. The quantitative estimate of drug-likeness (QED) is 0.0391. The SMILES string of the molecule is CCCCCCCCCCCCCCCCCC[C@H](C)[C@H](CCCCCCCCCCCCCCC1=NN=N[N+]1(c1ccccc1)S(=O)[O-])OC. The molecule has 2 rings (SSSR count). The lowest BCUT2D eigenvalue weighted by molar-refractivity contribution is 0.0456. The van der Waals surface area contributed by atoms with E-state index in [1.807, 2.05) is 25.3 Å². The van der Waals surface area contributed by atoms with Gasteiger partial charge < -0.3 is 9.29 Å². The van der Waals surface area contributed by atoms with E-state index in [0.29, 0.717) is 30.0 Å². The number of ether oxygens (including phenoxy) is 1. The first-order chi connectivity index (χ1) is 25.1. The number of amidine groups is 1. The Morgan fingerprint density at radius 2 is 1.04 bits per heavy atom. The van der Waals surface area contributed by atoms with Gasteiger partial charge in [-0.15, -0.1) is 0 Å². The summed E-state index contributed by atoms with van der Waals surface area (Å²) in [6.45, 7) is 4.70. The molecule has 2 unspecified atom stereocenters. The normalized spacial score (nSPS) is 17.5. The van der Waals surface area contributed by atoms with E-state index in [9.17, 15) is 8.76 Å². The van der Waals surface area contributed by atoms with Crippen molar-refractivity contribution in [2.24, 2.45) is 21.5 Å². The Hall–Kier alpha value is -1.48. The van der Waals surface area contributed by atoms with Crippen molar-refractivity contribution in [2.75, 3.05) is 7.11 Å². The van der Waals surface area contributed by atoms with E-state index < -0.39 is 15.3 Å². The van der Waals surface area contributed by atoms with Gasteiger partial charge in [-0.3, -0.25) is 0 Å². The molecule has 0 fully saturated rings. The smallest absolute Gasteiger partial charge is 0.270 e. The summed E-state index contributed by atoms with van der Waals surface area (Å²) >= 11 is -2.52. The fourth-order valence-electron chi connectivity index (χ4n) is 7.71. The minimum Gasteiger partial charge on any atom is -0.722 e. The molecule has 4 atom stereocenters. The minimum absolute atomic E-state index is 0.429. The number of benzene rings is 1. The maximum atomic E-state index is 12.2. The van der Waals surface area contributed by atoms with E-state index in [2.05, 4.69) is 29.4 Å². The molecule has 0 saturated heterocycles. The lowest BCUT2D eigenvalue weighted by Crippen LogP contribution is -2.48. The van der Waals surface area contributed by atoms with Crippen LogP contribution < -0.4 is 4.00 Å². The fraction of sp³-hybridized carbons (Fsp3) is 0.837. The standard InChI is InChI=1S/C43H78N4O3S/c1-4-5-6-7-8-9-10-11-12-13-14-17-20-23-26-30-35-40(2)42(50-3)38-33-27-24-21-18-15-16-19-22-25-28-34-39-43-44-45-46-47(43,51(48)49)41-36-31-29-32-37-41/h29,31-32,36-37,40,42H,4-28,30,33-35,38-39H2,1-3H3/t40-,42-,47?/m0/s1. The van der Waals surface area contributed by atoms with Gasteiger partial charge >= 0.3 is 0 Å². The molecular formula is C43H78N4O3S. The zero-order valence-corrected chi connectivity index (χ0v) is 34.2. The lowest BCUT2D eigenvalue weighted by Gasteiger charge is -2.26. The topological polar surface area (TPSA) is 86.4 Å². The molecule has 0 N–H and O–H groups in total. The summed E-state index contributed by atoms with van der Waals surface area (Å²) in [5.74, 6) is 1.15. The van der Waals surface area contributed by atoms with Gasteiger partial charge in [0, 0.05) is 30.9 Å². The van der Waals surface area contributed by atoms with Crippen LogP contribution in [0.25, 0.3) is 0 Å². The minimum atomic E-state index is -2.52. The molecule has 1 aromatic rings. The molecule has 0 radical (unpaired) electrons. The van der Waals surface area contributed by atoms with Crippen LogP contribution in [0.4, 0.5) is 5.69 Å². The van der Waals surface area contributed by atoms with Crippen LogP contribution in [0, 0.1) is 5.92 Å². The largest absolute Gasteiger partial charge is 0.722 e. The van der Waals surface area contributed by atoms with Gasteiger partial charge in [-0.1, -0.05) is 211 Å². The second kappa shape index (κ2) is 30.9.